The van der Waals surface area contributed by atoms with E-state index in [1.54, 1.807) is 17.9 Å². The van der Waals surface area contributed by atoms with Gasteiger partial charge in [-0.1, -0.05) is 0 Å². The van der Waals surface area contributed by atoms with Gasteiger partial charge in [0.25, 0.3) is 0 Å². The van der Waals surface area contributed by atoms with Crippen molar-refractivity contribution in [2.24, 2.45) is 5.92 Å². The number of likely N-dealkylation sites (tertiary alicyclic amines) is 2. The van der Waals surface area contributed by atoms with E-state index >= 15 is 0 Å². The Balaban J connectivity index is 1.31. The van der Waals surface area contributed by atoms with Gasteiger partial charge in [0.1, 0.15) is 11.7 Å². The minimum absolute atomic E-state index is 0.0256. The number of hydrogen-bond acceptors (Lipinski definition) is 6. The van der Waals surface area contributed by atoms with Crippen LogP contribution < -0.4 is 5.32 Å². The maximum absolute atomic E-state index is 13.1. The molecule has 5 aliphatic rings. The number of carbonyl (C=O) groups excluding carboxylic acids is 3. The third kappa shape index (κ3) is 3.19. The molecule has 0 spiro atoms. The SMILES string of the molecule is CCOC(=O)N1CCC(N2CC/C(=C\C3=C(C(=O)O)N4C(=O)[C@H]5NC[C@@H](C3)[C@H]54)C2=O)CC1. The molecule has 5 heterocycles. The fourth-order valence-electron chi connectivity index (χ4n) is 5.85. The number of allylic oxidation sites excluding steroid dienone is 2. The predicted octanol–water partition coefficient (Wildman–Crippen LogP) is 0.307. The van der Waals surface area contributed by atoms with E-state index < -0.39 is 5.97 Å². The summed E-state index contributed by atoms with van der Waals surface area (Å²) in [6.07, 6.45) is 3.89. The molecule has 4 saturated heterocycles. The van der Waals surface area contributed by atoms with Crippen molar-refractivity contribution in [3.8, 4) is 0 Å². The minimum atomic E-state index is -1.12. The summed E-state index contributed by atoms with van der Waals surface area (Å²) < 4.78 is 5.06. The Morgan fingerprint density at radius 3 is 2.66 bits per heavy atom. The molecule has 10 nitrogen and oxygen atoms in total. The number of carbonyl (C=O) groups is 4. The van der Waals surface area contributed by atoms with Gasteiger partial charge in [0.05, 0.1) is 12.6 Å². The van der Waals surface area contributed by atoms with Crippen LogP contribution in [0.25, 0.3) is 0 Å². The van der Waals surface area contributed by atoms with Crippen molar-refractivity contribution in [1.82, 2.24) is 20.0 Å². The first kappa shape index (κ1) is 21.0. The summed E-state index contributed by atoms with van der Waals surface area (Å²) in [6, 6.07) is -0.303. The van der Waals surface area contributed by atoms with Crippen molar-refractivity contribution in [2.45, 2.75) is 50.7 Å². The monoisotopic (exact) mass is 444 g/mol. The first-order valence-electron chi connectivity index (χ1n) is 11.4. The van der Waals surface area contributed by atoms with Crippen LogP contribution in [0.3, 0.4) is 0 Å². The molecule has 2 N–H and O–H groups in total. The van der Waals surface area contributed by atoms with Crippen molar-refractivity contribution in [1.29, 1.82) is 0 Å². The van der Waals surface area contributed by atoms with E-state index in [0.29, 0.717) is 69.6 Å². The van der Waals surface area contributed by atoms with Crippen molar-refractivity contribution in [3.05, 3.63) is 22.9 Å². The lowest BCUT2D eigenvalue weighted by Gasteiger charge is -2.48. The molecule has 0 aliphatic carbocycles. The van der Waals surface area contributed by atoms with Crippen LogP contribution in [0.4, 0.5) is 4.79 Å². The summed E-state index contributed by atoms with van der Waals surface area (Å²) in [5, 5.41) is 13.0. The zero-order valence-corrected chi connectivity index (χ0v) is 18.1. The number of hydrogen-bond donors (Lipinski definition) is 2. The zero-order chi connectivity index (χ0) is 22.6. The Labute approximate surface area is 185 Å². The van der Waals surface area contributed by atoms with Crippen molar-refractivity contribution in [2.75, 3.05) is 32.8 Å². The van der Waals surface area contributed by atoms with E-state index in [1.165, 1.54) is 4.90 Å². The molecule has 0 aromatic heterocycles. The summed E-state index contributed by atoms with van der Waals surface area (Å²) in [4.78, 5) is 54.4. The Hall–Kier alpha value is -2.88. The van der Waals surface area contributed by atoms with Gasteiger partial charge >= 0.3 is 12.1 Å². The van der Waals surface area contributed by atoms with Crippen LogP contribution in [-0.4, -0.2) is 94.6 Å². The van der Waals surface area contributed by atoms with Crippen LogP contribution in [0, 0.1) is 5.92 Å². The average Bonchev–Trinajstić information content (AvgIpc) is 3.35. The normalized spacial score (nSPS) is 31.3. The van der Waals surface area contributed by atoms with Gasteiger partial charge in [0.2, 0.25) is 11.8 Å². The van der Waals surface area contributed by atoms with Crippen LogP contribution in [0.2, 0.25) is 0 Å². The molecule has 5 rings (SSSR count). The molecule has 0 unspecified atom stereocenters. The highest BCUT2D eigenvalue weighted by atomic mass is 16.6. The largest absolute Gasteiger partial charge is 0.477 e. The second-order valence-corrected chi connectivity index (χ2v) is 9.06. The average molecular weight is 444 g/mol. The standard InChI is InChI=1S/C22H28N4O6/c1-2-32-22(31)24-6-4-15(5-7-24)25-8-3-12(19(25)27)9-13-10-14-11-23-16-17(14)26(20(16)28)18(13)21(29)30/h9,14-17,23H,2-8,10-11H2,1H3,(H,29,30)/b12-9+/t14-,16+,17-/m1/s1. The molecular weight excluding hydrogens is 416 g/mol. The minimum Gasteiger partial charge on any atom is -0.477 e. The number of amides is 3. The number of nitrogens with zero attached hydrogens (tertiary/aromatic N) is 3. The van der Waals surface area contributed by atoms with E-state index in [9.17, 15) is 24.3 Å². The molecule has 32 heavy (non-hydrogen) atoms. The number of β-lactam (4-membered cyclic amide) rings is 1. The number of aliphatic carboxylic acids is 1. The Morgan fingerprint density at radius 1 is 1.22 bits per heavy atom. The number of piperidine rings is 1. The molecule has 0 saturated carbocycles. The van der Waals surface area contributed by atoms with Crippen molar-refractivity contribution < 1.29 is 29.0 Å². The predicted molar refractivity (Wildman–Crippen MR) is 111 cm³/mol. The molecule has 0 aromatic carbocycles. The Morgan fingerprint density at radius 2 is 1.97 bits per heavy atom. The molecule has 0 aromatic rings. The molecule has 3 atom stereocenters. The maximum Gasteiger partial charge on any atom is 0.409 e. The Bertz CT molecular complexity index is 935. The van der Waals surface area contributed by atoms with E-state index in [0.717, 1.165) is 0 Å². The van der Waals surface area contributed by atoms with Crippen molar-refractivity contribution >= 4 is 23.9 Å². The molecule has 0 radical (unpaired) electrons. The van der Waals surface area contributed by atoms with Crippen LogP contribution in [-0.2, 0) is 19.1 Å². The summed E-state index contributed by atoms with van der Waals surface area (Å²) in [5.41, 5.74) is 1.19. The lowest BCUT2D eigenvalue weighted by molar-refractivity contribution is -0.153. The summed E-state index contributed by atoms with van der Waals surface area (Å²) in [5.74, 6) is -1.22. The van der Waals surface area contributed by atoms with Gasteiger partial charge in [-0.2, -0.15) is 0 Å². The molecule has 172 valence electrons. The number of rotatable bonds is 4. The van der Waals surface area contributed by atoms with Gasteiger partial charge in [-0.25, -0.2) is 9.59 Å². The highest BCUT2D eigenvalue weighted by molar-refractivity contribution is 6.02. The maximum atomic E-state index is 13.1. The lowest BCUT2D eigenvalue weighted by atomic mass is 9.79. The third-order valence-electron chi connectivity index (χ3n) is 7.39. The first-order chi connectivity index (χ1) is 15.4. The van der Waals surface area contributed by atoms with Gasteiger partial charge in [0.15, 0.2) is 0 Å². The summed E-state index contributed by atoms with van der Waals surface area (Å²) >= 11 is 0. The Kier molecular flexibility index (Phi) is 5.19. The molecule has 4 fully saturated rings. The molecular formula is C22H28N4O6. The van der Waals surface area contributed by atoms with E-state index in [2.05, 4.69) is 5.32 Å². The molecule has 10 heteroatoms. The fraction of sp³-hybridized carbons (Fsp3) is 0.636. The number of nitrogens with one attached hydrogen (secondary N) is 1. The zero-order valence-electron chi connectivity index (χ0n) is 18.1. The fourth-order valence-corrected chi connectivity index (χ4v) is 5.85. The van der Waals surface area contributed by atoms with Gasteiger partial charge in [-0.05, 0) is 50.2 Å². The number of carboxylic acids is 1. The van der Waals surface area contributed by atoms with E-state index in [1.807, 2.05) is 4.90 Å². The number of ether oxygens (including phenoxy) is 1. The third-order valence-corrected chi connectivity index (χ3v) is 7.39. The number of carboxylic acid groups (broad SMARTS) is 1. The van der Waals surface area contributed by atoms with E-state index in [-0.39, 0.29) is 47.6 Å². The summed E-state index contributed by atoms with van der Waals surface area (Å²) in [7, 11) is 0. The van der Waals surface area contributed by atoms with Crippen LogP contribution in [0.1, 0.15) is 32.6 Å². The van der Waals surface area contributed by atoms with Crippen LogP contribution >= 0.6 is 0 Å². The van der Waals surface area contributed by atoms with Crippen LogP contribution in [0.5, 0.6) is 0 Å². The van der Waals surface area contributed by atoms with Gasteiger partial charge in [0, 0.05) is 37.8 Å². The van der Waals surface area contributed by atoms with Gasteiger partial charge in [-0.3, -0.25) is 14.5 Å². The second kappa shape index (κ2) is 7.91. The molecule has 5 aliphatic heterocycles. The second-order valence-electron chi connectivity index (χ2n) is 9.06. The van der Waals surface area contributed by atoms with Gasteiger partial charge < -0.3 is 25.0 Å². The molecule has 3 amide bonds. The highest BCUT2D eigenvalue weighted by Crippen LogP contribution is 2.44. The smallest absolute Gasteiger partial charge is 0.409 e. The summed E-state index contributed by atoms with van der Waals surface area (Å²) in [6.45, 7) is 4.48. The quantitative estimate of drug-likeness (QED) is 0.473. The van der Waals surface area contributed by atoms with Crippen LogP contribution in [0.15, 0.2) is 22.9 Å². The molecule has 0 bridgehead atoms. The van der Waals surface area contributed by atoms with E-state index in [4.69, 9.17) is 4.74 Å². The van der Waals surface area contributed by atoms with Gasteiger partial charge in [-0.15, -0.1) is 0 Å². The highest BCUT2D eigenvalue weighted by Gasteiger charge is 2.59. The lowest BCUT2D eigenvalue weighted by Crippen LogP contribution is -2.68. The topological polar surface area (TPSA) is 119 Å². The first-order valence-corrected chi connectivity index (χ1v) is 11.4. The van der Waals surface area contributed by atoms with Crippen molar-refractivity contribution in [3.63, 3.8) is 0 Å².